The van der Waals surface area contributed by atoms with Crippen LogP contribution in [0.25, 0.3) is 0 Å². The maximum atomic E-state index is 5.43. The summed E-state index contributed by atoms with van der Waals surface area (Å²) in [5.74, 6) is 0. The van der Waals surface area contributed by atoms with Gasteiger partial charge in [0.05, 0.1) is 34.4 Å². The maximum Gasteiger partial charge on any atom is 0.102 e. The lowest BCUT2D eigenvalue weighted by atomic mass is 10.3. The molecule has 0 saturated carbocycles. The van der Waals surface area contributed by atoms with Crippen LogP contribution in [-0.4, -0.2) is 45.4 Å². The molecule has 0 heterocycles. The Morgan fingerprint density at radius 2 is 1.83 bits per heavy atom. The predicted molar refractivity (Wildman–Crippen MR) is 53.1 cm³/mol. The van der Waals surface area contributed by atoms with Crippen LogP contribution in [0.3, 0.4) is 0 Å². The number of allylic oxidation sites excluding steroid dienone is 1. The minimum atomic E-state index is 0.752. The molecule has 0 aliphatic rings. The van der Waals surface area contributed by atoms with E-state index in [2.05, 4.69) is 41.1 Å². The second-order valence-electron chi connectivity index (χ2n) is 4.37. The first kappa shape index (κ1) is 11.7. The summed E-state index contributed by atoms with van der Waals surface area (Å²) in [5, 5.41) is 0. The Hall–Kier alpha value is -0.340. The number of likely N-dealkylation sites (N-methyl/N-ethyl adjacent to an activating group) is 1. The van der Waals surface area contributed by atoms with Gasteiger partial charge < -0.3 is 9.22 Å². The Kier molecular flexibility index (Phi) is 5.18. The molecule has 2 nitrogen and oxygen atoms in total. The second kappa shape index (κ2) is 5.33. The molecule has 0 aliphatic carbocycles. The first-order chi connectivity index (χ1) is 5.42. The summed E-state index contributed by atoms with van der Waals surface area (Å²) in [6.07, 6.45) is 2.11. The second-order valence-corrected chi connectivity index (χ2v) is 4.37. The molecule has 0 amide bonds. The van der Waals surface area contributed by atoms with Gasteiger partial charge in [-0.3, -0.25) is 0 Å². The summed E-state index contributed by atoms with van der Waals surface area (Å²) in [6.45, 7) is 6.83. The highest BCUT2D eigenvalue weighted by molar-refractivity contribution is 4.92. The van der Waals surface area contributed by atoms with Gasteiger partial charge in [0.25, 0.3) is 0 Å². The first-order valence-corrected chi connectivity index (χ1v) is 4.43. The van der Waals surface area contributed by atoms with Crippen molar-refractivity contribution in [3.63, 3.8) is 0 Å². The van der Waals surface area contributed by atoms with Crippen molar-refractivity contribution in [3.05, 3.63) is 11.6 Å². The van der Waals surface area contributed by atoms with E-state index in [-0.39, 0.29) is 0 Å². The van der Waals surface area contributed by atoms with Crippen molar-refractivity contribution in [2.75, 3.05) is 40.9 Å². The van der Waals surface area contributed by atoms with Gasteiger partial charge in [-0.25, -0.2) is 0 Å². The van der Waals surface area contributed by atoms with Crippen LogP contribution in [0.1, 0.15) is 13.8 Å². The van der Waals surface area contributed by atoms with Gasteiger partial charge in [-0.1, -0.05) is 11.6 Å². The van der Waals surface area contributed by atoms with E-state index in [0.29, 0.717) is 0 Å². The lowest BCUT2D eigenvalue weighted by Crippen LogP contribution is -2.37. The SMILES string of the molecule is CC(C)=CCOCC[N+](C)(C)C. The number of rotatable bonds is 5. The van der Waals surface area contributed by atoms with Crippen molar-refractivity contribution in [1.29, 1.82) is 0 Å². The lowest BCUT2D eigenvalue weighted by molar-refractivity contribution is -0.870. The summed E-state index contributed by atoms with van der Waals surface area (Å²) in [4.78, 5) is 0. The molecule has 0 saturated heterocycles. The molecule has 0 aromatic carbocycles. The van der Waals surface area contributed by atoms with Gasteiger partial charge >= 0.3 is 0 Å². The third kappa shape index (κ3) is 9.66. The van der Waals surface area contributed by atoms with E-state index in [1.54, 1.807) is 0 Å². The molecule has 0 radical (unpaired) electrons. The van der Waals surface area contributed by atoms with Crippen molar-refractivity contribution in [1.82, 2.24) is 0 Å². The standard InChI is InChI=1S/C10H22NO/c1-10(2)6-8-12-9-7-11(3,4)5/h6H,7-9H2,1-5H3/q+1. The van der Waals surface area contributed by atoms with Crippen molar-refractivity contribution in [3.8, 4) is 0 Å². The Labute approximate surface area is 76.4 Å². The average molecular weight is 172 g/mol. The van der Waals surface area contributed by atoms with Crippen LogP contribution in [0.5, 0.6) is 0 Å². The van der Waals surface area contributed by atoms with Crippen molar-refractivity contribution < 1.29 is 9.22 Å². The fourth-order valence-electron chi connectivity index (χ4n) is 0.647. The highest BCUT2D eigenvalue weighted by Gasteiger charge is 2.04. The number of quaternary nitrogens is 1. The molecule has 0 aromatic rings. The number of hydrogen-bond donors (Lipinski definition) is 0. The fraction of sp³-hybridized carbons (Fsp3) is 0.800. The van der Waals surface area contributed by atoms with Gasteiger partial charge in [-0.15, -0.1) is 0 Å². The summed E-state index contributed by atoms with van der Waals surface area (Å²) in [6, 6.07) is 0. The van der Waals surface area contributed by atoms with E-state index in [4.69, 9.17) is 4.74 Å². The predicted octanol–water partition coefficient (Wildman–Crippen LogP) is 1.68. The molecular weight excluding hydrogens is 150 g/mol. The van der Waals surface area contributed by atoms with Gasteiger partial charge in [-0.05, 0) is 13.8 Å². The van der Waals surface area contributed by atoms with E-state index in [9.17, 15) is 0 Å². The van der Waals surface area contributed by atoms with Crippen LogP contribution in [0.15, 0.2) is 11.6 Å². The molecule has 0 spiro atoms. The van der Waals surface area contributed by atoms with Gasteiger partial charge in [0.1, 0.15) is 6.54 Å². The highest BCUT2D eigenvalue weighted by Crippen LogP contribution is 1.91. The normalized spacial score (nSPS) is 11.4. The first-order valence-electron chi connectivity index (χ1n) is 4.43. The van der Waals surface area contributed by atoms with Crippen LogP contribution in [0.4, 0.5) is 0 Å². The minimum Gasteiger partial charge on any atom is -0.372 e. The largest absolute Gasteiger partial charge is 0.372 e. The summed E-state index contributed by atoms with van der Waals surface area (Å²) < 4.78 is 6.40. The maximum absolute atomic E-state index is 5.43. The average Bonchev–Trinajstić information content (AvgIpc) is 1.83. The Morgan fingerprint density at radius 1 is 1.25 bits per heavy atom. The number of nitrogens with zero attached hydrogens (tertiary/aromatic N) is 1. The smallest absolute Gasteiger partial charge is 0.102 e. The topological polar surface area (TPSA) is 9.23 Å². The molecule has 0 unspecified atom stereocenters. The summed E-state index contributed by atoms with van der Waals surface area (Å²) in [7, 11) is 6.51. The van der Waals surface area contributed by atoms with Crippen LogP contribution in [0, 0.1) is 0 Å². The quantitative estimate of drug-likeness (QED) is 0.348. The van der Waals surface area contributed by atoms with Crippen molar-refractivity contribution in [2.24, 2.45) is 0 Å². The zero-order valence-corrected chi connectivity index (χ0v) is 9.05. The van der Waals surface area contributed by atoms with E-state index in [1.807, 2.05) is 0 Å². The minimum absolute atomic E-state index is 0.752. The van der Waals surface area contributed by atoms with Crippen LogP contribution >= 0.6 is 0 Å². The molecule has 2 heteroatoms. The monoisotopic (exact) mass is 172 g/mol. The van der Waals surface area contributed by atoms with Crippen LogP contribution < -0.4 is 0 Å². The molecule has 12 heavy (non-hydrogen) atoms. The van der Waals surface area contributed by atoms with Gasteiger partial charge in [0, 0.05) is 0 Å². The molecular formula is C10H22NO+. The zero-order chi connectivity index (χ0) is 9.61. The van der Waals surface area contributed by atoms with Crippen molar-refractivity contribution in [2.45, 2.75) is 13.8 Å². The van der Waals surface area contributed by atoms with E-state index < -0.39 is 0 Å². The van der Waals surface area contributed by atoms with Gasteiger partial charge in [0.2, 0.25) is 0 Å². The lowest BCUT2D eigenvalue weighted by Gasteiger charge is -2.23. The molecule has 0 rings (SSSR count). The highest BCUT2D eigenvalue weighted by atomic mass is 16.5. The van der Waals surface area contributed by atoms with E-state index >= 15 is 0 Å². The summed E-state index contributed by atoms with van der Waals surface area (Å²) in [5.41, 5.74) is 1.32. The zero-order valence-electron chi connectivity index (χ0n) is 9.05. The summed E-state index contributed by atoms with van der Waals surface area (Å²) >= 11 is 0. The van der Waals surface area contributed by atoms with Gasteiger partial charge in [0.15, 0.2) is 0 Å². The molecule has 0 atom stereocenters. The third-order valence-electron chi connectivity index (χ3n) is 1.52. The van der Waals surface area contributed by atoms with Gasteiger partial charge in [-0.2, -0.15) is 0 Å². The Morgan fingerprint density at radius 3 is 2.25 bits per heavy atom. The molecule has 0 bridgehead atoms. The molecule has 0 N–H and O–H groups in total. The van der Waals surface area contributed by atoms with Crippen LogP contribution in [-0.2, 0) is 4.74 Å². The van der Waals surface area contributed by atoms with Crippen molar-refractivity contribution >= 4 is 0 Å². The van der Waals surface area contributed by atoms with E-state index in [0.717, 1.165) is 24.2 Å². The molecule has 0 aromatic heterocycles. The van der Waals surface area contributed by atoms with E-state index in [1.165, 1.54) is 5.57 Å². The Bertz CT molecular complexity index is 140. The Balaban J connectivity index is 3.29. The molecule has 0 fully saturated rings. The number of ether oxygens (including phenoxy) is 1. The number of hydrogen-bond acceptors (Lipinski definition) is 1. The fourth-order valence-corrected chi connectivity index (χ4v) is 0.647. The molecule has 0 aliphatic heterocycles. The third-order valence-corrected chi connectivity index (χ3v) is 1.52. The molecule has 72 valence electrons. The van der Waals surface area contributed by atoms with Crippen LogP contribution in [0.2, 0.25) is 0 Å².